The van der Waals surface area contributed by atoms with Crippen molar-refractivity contribution in [3.05, 3.63) is 28.7 Å². The Morgan fingerprint density at radius 2 is 1.92 bits per heavy atom. The summed E-state index contributed by atoms with van der Waals surface area (Å²) in [5, 5.41) is 0.180. The number of pyridine rings is 1. The second-order valence-corrected chi connectivity index (χ2v) is 8.31. The minimum absolute atomic E-state index is 0.000910. The van der Waals surface area contributed by atoms with Crippen molar-refractivity contribution in [3.63, 3.8) is 0 Å². The molecule has 0 unspecified atom stereocenters. The fourth-order valence-corrected chi connectivity index (χ4v) is 4.30. The minimum Gasteiger partial charge on any atom is -0.364 e. The van der Waals surface area contributed by atoms with Crippen LogP contribution in [0.3, 0.4) is 0 Å². The highest BCUT2D eigenvalue weighted by atomic mass is 35.5. The summed E-state index contributed by atoms with van der Waals surface area (Å²) in [6.45, 7) is 1.88. The maximum Gasteiger partial charge on any atom is 0.269 e. The summed E-state index contributed by atoms with van der Waals surface area (Å²) in [5.41, 5.74) is 5.96. The highest BCUT2D eigenvalue weighted by Crippen LogP contribution is 2.31. The third kappa shape index (κ3) is 2.73. The summed E-state index contributed by atoms with van der Waals surface area (Å²) in [6, 6.07) is 1.46. The van der Waals surface area contributed by atoms with Crippen LogP contribution in [0, 0.1) is 0 Å². The van der Waals surface area contributed by atoms with E-state index >= 15 is 0 Å². The van der Waals surface area contributed by atoms with Gasteiger partial charge >= 0.3 is 0 Å². The molecule has 24 heavy (non-hydrogen) atoms. The van der Waals surface area contributed by atoms with Gasteiger partial charge in [0.25, 0.3) is 5.91 Å². The molecule has 3 rings (SSSR count). The lowest BCUT2D eigenvalue weighted by atomic mass is 10.1. The molecule has 0 aliphatic carbocycles. The molecule has 0 saturated carbocycles. The number of hydrogen-bond acceptors (Lipinski definition) is 6. The Morgan fingerprint density at radius 3 is 2.46 bits per heavy atom. The Hall–Kier alpha value is -2.13. The molecule has 3 heterocycles. The number of Topliss-reactive ketones (excluding diaryl/α,β-unsaturated/α-hetero) is 1. The molecule has 10 heteroatoms. The van der Waals surface area contributed by atoms with Crippen LogP contribution in [0.5, 0.6) is 0 Å². The number of amides is 1. The standard InChI is InChI=1S/C14H15ClN4O4S/c1-8(20)9-6-10(15)12-11(13(16)21)17-7-19(12)14(9)18-2-4-24(22,23)5-3-18/h6-7H,2-5H2,1H3,(H2,16,21). The average Bonchev–Trinajstić information content (AvgIpc) is 2.93. The van der Waals surface area contributed by atoms with Gasteiger partial charge in [0, 0.05) is 13.1 Å². The third-order valence-electron chi connectivity index (χ3n) is 3.99. The Labute approximate surface area is 143 Å². The van der Waals surface area contributed by atoms with Gasteiger partial charge in [-0.2, -0.15) is 0 Å². The Morgan fingerprint density at radius 1 is 1.29 bits per heavy atom. The monoisotopic (exact) mass is 370 g/mol. The number of primary amides is 1. The lowest BCUT2D eigenvalue weighted by Crippen LogP contribution is -2.41. The number of fused-ring (bicyclic) bond motifs is 1. The van der Waals surface area contributed by atoms with Crippen molar-refractivity contribution in [3.8, 4) is 0 Å². The molecule has 2 N–H and O–H groups in total. The summed E-state index contributed by atoms with van der Waals surface area (Å²) in [5.74, 6) is -0.506. The molecule has 0 radical (unpaired) electrons. The van der Waals surface area contributed by atoms with Gasteiger partial charge in [0.2, 0.25) is 0 Å². The molecular formula is C14H15ClN4O4S. The van der Waals surface area contributed by atoms with Gasteiger partial charge in [0.1, 0.15) is 12.1 Å². The van der Waals surface area contributed by atoms with Crippen molar-refractivity contribution in [2.24, 2.45) is 5.73 Å². The van der Waals surface area contributed by atoms with E-state index in [1.54, 1.807) is 4.90 Å². The van der Waals surface area contributed by atoms with Crippen molar-refractivity contribution < 1.29 is 18.0 Å². The second-order valence-electron chi connectivity index (χ2n) is 5.60. The van der Waals surface area contributed by atoms with Crippen LogP contribution in [0.1, 0.15) is 27.8 Å². The predicted molar refractivity (Wildman–Crippen MR) is 89.6 cm³/mol. The number of halogens is 1. The quantitative estimate of drug-likeness (QED) is 0.788. The van der Waals surface area contributed by atoms with Crippen LogP contribution in [-0.4, -0.2) is 54.1 Å². The van der Waals surface area contributed by atoms with Crippen LogP contribution in [0.4, 0.5) is 5.82 Å². The molecule has 1 fully saturated rings. The van der Waals surface area contributed by atoms with Crippen molar-refractivity contribution in [2.45, 2.75) is 6.92 Å². The number of nitrogens with zero attached hydrogens (tertiary/aromatic N) is 3. The van der Waals surface area contributed by atoms with Crippen molar-refractivity contribution in [1.29, 1.82) is 0 Å². The lowest BCUT2D eigenvalue weighted by Gasteiger charge is -2.30. The maximum atomic E-state index is 12.0. The van der Waals surface area contributed by atoms with Gasteiger partial charge < -0.3 is 10.6 Å². The van der Waals surface area contributed by atoms with Crippen LogP contribution in [0.15, 0.2) is 12.4 Å². The molecule has 0 spiro atoms. The van der Waals surface area contributed by atoms with Gasteiger partial charge in [0.05, 0.1) is 27.6 Å². The molecule has 1 amide bonds. The van der Waals surface area contributed by atoms with Crippen molar-refractivity contribution >= 4 is 44.5 Å². The number of ketones is 1. The van der Waals surface area contributed by atoms with E-state index in [9.17, 15) is 18.0 Å². The zero-order valence-corrected chi connectivity index (χ0v) is 14.4. The molecule has 2 aromatic heterocycles. The third-order valence-corrected chi connectivity index (χ3v) is 5.89. The van der Waals surface area contributed by atoms with E-state index in [0.717, 1.165) is 0 Å². The first-order valence-corrected chi connectivity index (χ1v) is 9.37. The minimum atomic E-state index is -3.08. The highest BCUT2D eigenvalue weighted by molar-refractivity contribution is 7.91. The summed E-state index contributed by atoms with van der Waals surface area (Å²) >= 11 is 6.22. The molecular weight excluding hydrogens is 356 g/mol. The molecule has 0 bridgehead atoms. The predicted octanol–water partition coefficient (Wildman–Crippen LogP) is 0.524. The van der Waals surface area contributed by atoms with E-state index in [2.05, 4.69) is 4.98 Å². The van der Waals surface area contributed by atoms with Gasteiger partial charge in [-0.3, -0.25) is 14.0 Å². The number of hydrogen-bond donors (Lipinski definition) is 1. The van der Waals surface area contributed by atoms with Crippen molar-refractivity contribution in [1.82, 2.24) is 9.38 Å². The Kier molecular flexibility index (Phi) is 4.00. The van der Waals surface area contributed by atoms with Crippen LogP contribution >= 0.6 is 11.6 Å². The largest absolute Gasteiger partial charge is 0.364 e. The van der Waals surface area contributed by atoms with Crippen LogP contribution < -0.4 is 10.6 Å². The Balaban J connectivity index is 2.25. The van der Waals surface area contributed by atoms with E-state index in [-0.39, 0.29) is 41.1 Å². The number of sulfone groups is 1. The maximum absolute atomic E-state index is 12.0. The van der Waals surface area contributed by atoms with E-state index in [4.69, 9.17) is 17.3 Å². The van der Waals surface area contributed by atoms with Gasteiger partial charge in [-0.15, -0.1) is 0 Å². The first-order chi connectivity index (χ1) is 11.2. The average molecular weight is 371 g/mol. The van der Waals surface area contributed by atoms with Gasteiger partial charge in [-0.1, -0.05) is 11.6 Å². The van der Waals surface area contributed by atoms with Crippen LogP contribution in [-0.2, 0) is 9.84 Å². The molecule has 1 aliphatic rings. The molecule has 2 aromatic rings. The zero-order valence-electron chi connectivity index (χ0n) is 12.8. The van der Waals surface area contributed by atoms with E-state index in [1.165, 1.54) is 23.7 Å². The number of carbonyl (C=O) groups excluding carboxylic acids is 2. The SMILES string of the molecule is CC(=O)c1cc(Cl)c2c(C(N)=O)ncn2c1N1CCS(=O)(=O)CC1. The van der Waals surface area contributed by atoms with Crippen LogP contribution in [0.2, 0.25) is 5.02 Å². The molecule has 0 aromatic carbocycles. The molecule has 1 saturated heterocycles. The number of carbonyl (C=O) groups is 2. The van der Waals surface area contributed by atoms with E-state index < -0.39 is 15.7 Å². The first-order valence-electron chi connectivity index (χ1n) is 7.17. The molecule has 1 aliphatic heterocycles. The van der Waals surface area contributed by atoms with Gasteiger partial charge in [0.15, 0.2) is 21.3 Å². The topological polar surface area (TPSA) is 115 Å². The normalized spacial score (nSPS) is 17.2. The number of nitrogens with two attached hydrogens (primary N) is 1. The second kappa shape index (κ2) is 5.75. The molecule has 128 valence electrons. The number of anilines is 1. The van der Waals surface area contributed by atoms with Gasteiger partial charge in [-0.25, -0.2) is 13.4 Å². The summed E-state index contributed by atoms with van der Waals surface area (Å²) < 4.78 is 24.8. The smallest absolute Gasteiger partial charge is 0.269 e. The first kappa shape index (κ1) is 16.7. The number of aromatic nitrogens is 2. The van der Waals surface area contributed by atoms with Crippen LogP contribution in [0.25, 0.3) is 5.52 Å². The summed E-state index contributed by atoms with van der Waals surface area (Å²) in [6.07, 6.45) is 1.37. The number of imidazole rings is 1. The summed E-state index contributed by atoms with van der Waals surface area (Å²) in [7, 11) is -3.08. The van der Waals surface area contributed by atoms with E-state index in [1.807, 2.05) is 0 Å². The highest BCUT2D eigenvalue weighted by Gasteiger charge is 2.28. The van der Waals surface area contributed by atoms with Crippen molar-refractivity contribution in [2.75, 3.05) is 29.5 Å². The fourth-order valence-electron chi connectivity index (χ4n) is 2.81. The summed E-state index contributed by atoms with van der Waals surface area (Å²) in [4.78, 5) is 29.4. The molecule has 8 nitrogen and oxygen atoms in total. The fraction of sp³-hybridized carbons (Fsp3) is 0.357. The van der Waals surface area contributed by atoms with E-state index in [0.29, 0.717) is 16.9 Å². The zero-order chi connectivity index (χ0) is 17.6. The number of rotatable bonds is 3. The van der Waals surface area contributed by atoms with Gasteiger partial charge in [-0.05, 0) is 13.0 Å². The lowest BCUT2D eigenvalue weighted by molar-refractivity contribution is 0.0994. The molecule has 0 atom stereocenters. The Bertz CT molecular complexity index is 953.